The van der Waals surface area contributed by atoms with Crippen molar-refractivity contribution in [1.29, 1.82) is 0 Å². The van der Waals surface area contributed by atoms with Crippen molar-refractivity contribution in [2.45, 2.75) is 20.8 Å². The number of nitrogens with one attached hydrogen (secondary N) is 1. The number of thiocarbonyl (C=S) groups is 1. The summed E-state index contributed by atoms with van der Waals surface area (Å²) in [5.41, 5.74) is 3.89. The van der Waals surface area contributed by atoms with Gasteiger partial charge in [0, 0.05) is 28.1 Å². The van der Waals surface area contributed by atoms with Crippen LogP contribution in [0.1, 0.15) is 23.9 Å². The molecule has 2 amide bonds. The molecule has 1 N–H and O–H groups in total. The summed E-state index contributed by atoms with van der Waals surface area (Å²) < 4.78 is 3.07. The number of carbonyl (C=O) groups is 2. The van der Waals surface area contributed by atoms with Crippen LogP contribution < -0.4 is 5.32 Å². The second-order valence-electron chi connectivity index (χ2n) is 6.01. The first kappa shape index (κ1) is 18.5. The highest BCUT2D eigenvalue weighted by Crippen LogP contribution is 2.25. The van der Waals surface area contributed by atoms with E-state index < -0.39 is 5.91 Å². The van der Waals surface area contributed by atoms with Gasteiger partial charge < -0.3 is 4.57 Å². The lowest BCUT2D eigenvalue weighted by atomic mass is 10.1. The average molecular weight is 432 g/mol. The third-order valence-electron chi connectivity index (χ3n) is 4.34. The van der Waals surface area contributed by atoms with Gasteiger partial charge in [-0.3, -0.25) is 19.8 Å². The van der Waals surface area contributed by atoms with Crippen LogP contribution in [-0.2, 0) is 9.59 Å². The van der Waals surface area contributed by atoms with Crippen LogP contribution >= 0.6 is 28.1 Å². The second-order valence-corrected chi connectivity index (χ2v) is 7.31. The highest BCUT2D eigenvalue weighted by atomic mass is 79.9. The van der Waals surface area contributed by atoms with E-state index in [4.69, 9.17) is 12.2 Å². The Hall–Kier alpha value is -2.25. The molecule has 1 aliphatic rings. The molecule has 1 saturated heterocycles. The van der Waals surface area contributed by atoms with Gasteiger partial charge in [0.05, 0.1) is 0 Å². The van der Waals surface area contributed by atoms with E-state index in [1.54, 1.807) is 6.08 Å². The Morgan fingerprint density at radius 2 is 1.96 bits per heavy atom. The first-order valence-electron chi connectivity index (χ1n) is 8.17. The lowest BCUT2D eigenvalue weighted by molar-refractivity contribution is -0.128. The van der Waals surface area contributed by atoms with E-state index >= 15 is 0 Å². The zero-order valence-corrected chi connectivity index (χ0v) is 17.1. The molecule has 0 unspecified atom stereocenters. The maximum atomic E-state index is 12.6. The maximum absolute atomic E-state index is 12.6. The number of carbonyl (C=O) groups excluding carboxylic acids is 2. The summed E-state index contributed by atoms with van der Waals surface area (Å²) >= 11 is 8.55. The first-order valence-corrected chi connectivity index (χ1v) is 9.37. The molecule has 2 heterocycles. The fourth-order valence-electron chi connectivity index (χ4n) is 3.08. The molecule has 2 aromatic rings. The molecule has 0 spiro atoms. The SMILES string of the molecule is CCN1C(=O)/C(=C/c2cc(C)n(-c3cccc(Br)c3)c2C)C(=O)NC1=S. The Morgan fingerprint density at radius 1 is 1.23 bits per heavy atom. The van der Waals surface area contributed by atoms with E-state index in [9.17, 15) is 9.59 Å². The normalized spacial score (nSPS) is 16.4. The molecule has 0 saturated carbocycles. The van der Waals surface area contributed by atoms with Crippen LogP contribution in [0.2, 0.25) is 0 Å². The van der Waals surface area contributed by atoms with Gasteiger partial charge in [-0.15, -0.1) is 0 Å². The van der Waals surface area contributed by atoms with E-state index in [0.717, 1.165) is 27.1 Å². The van der Waals surface area contributed by atoms with Gasteiger partial charge in [-0.2, -0.15) is 0 Å². The maximum Gasteiger partial charge on any atom is 0.265 e. The van der Waals surface area contributed by atoms with E-state index in [2.05, 4.69) is 25.8 Å². The Morgan fingerprint density at radius 3 is 2.62 bits per heavy atom. The van der Waals surface area contributed by atoms with Gasteiger partial charge in [0.2, 0.25) is 0 Å². The number of amides is 2. The van der Waals surface area contributed by atoms with Crippen LogP contribution in [0.5, 0.6) is 0 Å². The van der Waals surface area contributed by atoms with Crippen molar-refractivity contribution in [1.82, 2.24) is 14.8 Å². The minimum atomic E-state index is -0.461. The molecule has 0 bridgehead atoms. The average Bonchev–Trinajstić information content (AvgIpc) is 2.85. The Bertz CT molecular complexity index is 962. The summed E-state index contributed by atoms with van der Waals surface area (Å²) in [5.74, 6) is -0.828. The van der Waals surface area contributed by atoms with E-state index in [1.807, 2.05) is 51.1 Å². The van der Waals surface area contributed by atoms with Crippen LogP contribution in [0.3, 0.4) is 0 Å². The predicted octanol–water partition coefficient (Wildman–Crippen LogP) is 3.50. The summed E-state index contributed by atoms with van der Waals surface area (Å²) in [5, 5.41) is 2.73. The third kappa shape index (κ3) is 3.24. The molecule has 1 aliphatic heterocycles. The van der Waals surface area contributed by atoms with Crippen molar-refractivity contribution in [3.63, 3.8) is 0 Å². The Labute approximate surface area is 165 Å². The molecule has 5 nitrogen and oxygen atoms in total. The highest BCUT2D eigenvalue weighted by molar-refractivity contribution is 9.10. The van der Waals surface area contributed by atoms with Gasteiger partial charge in [0.15, 0.2) is 5.11 Å². The molecule has 1 aromatic heterocycles. The molecular weight excluding hydrogens is 414 g/mol. The number of hydrogen-bond donors (Lipinski definition) is 1. The van der Waals surface area contributed by atoms with Gasteiger partial charge in [-0.25, -0.2) is 0 Å². The molecule has 134 valence electrons. The summed E-state index contributed by atoms with van der Waals surface area (Å²) in [6.45, 7) is 6.19. The van der Waals surface area contributed by atoms with E-state index in [0.29, 0.717) is 6.54 Å². The zero-order chi connectivity index (χ0) is 19.0. The van der Waals surface area contributed by atoms with Crippen molar-refractivity contribution in [3.8, 4) is 5.69 Å². The number of aromatic nitrogens is 1. The van der Waals surface area contributed by atoms with Gasteiger partial charge in [0.25, 0.3) is 11.8 Å². The number of likely N-dealkylation sites (N-methyl/N-ethyl adjacent to an activating group) is 1. The summed E-state index contributed by atoms with van der Waals surface area (Å²) in [7, 11) is 0. The van der Waals surface area contributed by atoms with Gasteiger partial charge in [-0.1, -0.05) is 22.0 Å². The van der Waals surface area contributed by atoms with Crippen LogP contribution in [0, 0.1) is 13.8 Å². The predicted molar refractivity (Wildman–Crippen MR) is 109 cm³/mol. The molecule has 7 heteroatoms. The quantitative estimate of drug-likeness (QED) is 0.459. The van der Waals surface area contributed by atoms with Gasteiger partial charge >= 0.3 is 0 Å². The number of aryl methyl sites for hydroxylation is 1. The van der Waals surface area contributed by atoms with Crippen LogP contribution in [0.15, 0.2) is 40.4 Å². The molecule has 1 fully saturated rings. The Balaban J connectivity index is 2.07. The van der Waals surface area contributed by atoms with Crippen LogP contribution in [-0.4, -0.2) is 32.9 Å². The molecule has 0 aliphatic carbocycles. The highest BCUT2D eigenvalue weighted by Gasteiger charge is 2.32. The summed E-state index contributed by atoms with van der Waals surface area (Å²) in [6.07, 6.45) is 1.64. The topological polar surface area (TPSA) is 54.3 Å². The summed E-state index contributed by atoms with van der Waals surface area (Å²) in [4.78, 5) is 26.3. The molecule has 26 heavy (non-hydrogen) atoms. The number of benzene rings is 1. The molecule has 0 radical (unpaired) electrons. The fourth-order valence-corrected chi connectivity index (χ4v) is 3.77. The number of hydrogen-bond acceptors (Lipinski definition) is 3. The number of halogens is 1. The van der Waals surface area contributed by atoms with Crippen molar-refractivity contribution in [2.75, 3.05) is 6.54 Å². The molecule has 0 atom stereocenters. The van der Waals surface area contributed by atoms with Gasteiger partial charge in [-0.05, 0) is 68.9 Å². The van der Waals surface area contributed by atoms with Crippen molar-refractivity contribution in [3.05, 3.63) is 57.3 Å². The minimum Gasteiger partial charge on any atom is -0.318 e. The van der Waals surface area contributed by atoms with Gasteiger partial charge in [0.1, 0.15) is 5.57 Å². The van der Waals surface area contributed by atoms with Crippen molar-refractivity contribution >= 4 is 51.2 Å². The monoisotopic (exact) mass is 431 g/mol. The summed E-state index contributed by atoms with van der Waals surface area (Å²) in [6, 6.07) is 9.93. The van der Waals surface area contributed by atoms with Crippen molar-refractivity contribution in [2.24, 2.45) is 0 Å². The molecular formula is C19H18BrN3O2S. The zero-order valence-electron chi connectivity index (χ0n) is 14.7. The van der Waals surface area contributed by atoms with Crippen molar-refractivity contribution < 1.29 is 9.59 Å². The lowest BCUT2D eigenvalue weighted by Crippen LogP contribution is -2.53. The number of nitrogens with zero attached hydrogens (tertiary/aromatic N) is 2. The largest absolute Gasteiger partial charge is 0.318 e. The smallest absolute Gasteiger partial charge is 0.265 e. The van der Waals surface area contributed by atoms with E-state index in [1.165, 1.54) is 4.90 Å². The van der Waals surface area contributed by atoms with E-state index in [-0.39, 0.29) is 16.6 Å². The van der Waals surface area contributed by atoms with Crippen LogP contribution in [0.25, 0.3) is 11.8 Å². The first-order chi connectivity index (χ1) is 12.3. The van der Waals surface area contributed by atoms with Crippen LogP contribution in [0.4, 0.5) is 0 Å². The molecule has 3 rings (SSSR count). The second kappa shape index (κ2) is 7.17. The fraction of sp³-hybridized carbons (Fsp3) is 0.211. The Kier molecular flexibility index (Phi) is 5.11. The number of rotatable bonds is 3. The third-order valence-corrected chi connectivity index (χ3v) is 5.15. The molecule has 1 aromatic carbocycles. The minimum absolute atomic E-state index is 0.0925. The lowest BCUT2D eigenvalue weighted by Gasteiger charge is -2.27. The standard InChI is InChI=1S/C19H18BrN3O2S/c1-4-22-18(25)16(17(24)21-19(22)26)9-13-8-11(2)23(12(13)3)15-7-5-6-14(20)10-15/h5-10H,4H2,1-3H3,(H,21,24,26)/b16-9+.